The molecule has 1 saturated heterocycles. The maximum absolute atomic E-state index is 9.90. The summed E-state index contributed by atoms with van der Waals surface area (Å²) in [6.07, 6.45) is 12.5. The van der Waals surface area contributed by atoms with Crippen molar-refractivity contribution < 1.29 is 14.6 Å². The van der Waals surface area contributed by atoms with Gasteiger partial charge >= 0.3 is 0 Å². The Hall–Kier alpha value is -2.97. The molecule has 0 amide bonds. The van der Waals surface area contributed by atoms with Crippen molar-refractivity contribution in [2.75, 3.05) is 18.5 Å². The molecule has 3 fully saturated rings. The second kappa shape index (κ2) is 9.24. The minimum atomic E-state index is -0.332. The number of aromatic nitrogens is 4. The summed E-state index contributed by atoms with van der Waals surface area (Å²) in [6, 6.07) is 8.33. The number of hydrogen-bond donors (Lipinski definition) is 2. The van der Waals surface area contributed by atoms with E-state index in [0.29, 0.717) is 17.8 Å². The normalized spacial score (nSPS) is 20.4. The topological polar surface area (TPSA) is 94.3 Å². The highest BCUT2D eigenvalue weighted by Gasteiger charge is 2.46. The van der Waals surface area contributed by atoms with Gasteiger partial charge in [0.1, 0.15) is 17.3 Å². The number of pyridine rings is 2. The van der Waals surface area contributed by atoms with E-state index >= 15 is 0 Å². The highest BCUT2D eigenvalue weighted by Crippen LogP contribution is 2.51. The van der Waals surface area contributed by atoms with Crippen LogP contribution in [0.3, 0.4) is 0 Å². The first kappa shape index (κ1) is 22.5. The van der Waals surface area contributed by atoms with Crippen molar-refractivity contribution in [2.45, 2.75) is 75.3 Å². The van der Waals surface area contributed by atoms with Gasteiger partial charge in [-0.1, -0.05) is 0 Å². The van der Waals surface area contributed by atoms with Crippen LogP contribution in [-0.4, -0.2) is 44.2 Å². The van der Waals surface area contributed by atoms with Gasteiger partial charge in [-0.2, -0.15) is 5.10 Å². The molecule has 184 valence electrons. The second-order valence-electron chi connectivity index (χ2n) is 10.3. The summed E-state index contributed by atoms with van der Waals surface area (Å²) in [5.41, 5.74) is 3.01. The van der Waals surface area contributed by atoms with Crippen LogP contribution < -0.4 is 10.1 Å². The maximum Gasteiger partial charge on any atom is 0.168 e. The third kappa shape index (κ3) is 5.04. The summed E-state index contributed by atoms with van der Waals surface area (Å²) in [6.45, 7) is 3.39. The van der Waals surface area contributed by atoms with E-state index in [1.165, 1.54) is 12.8 Å². The first-order valence-corrected chi connectivity index (χ1v) is 12.8. The number of nitrogens with one attached hydrogen (secondary N) is 1. The van der Waals surface area contributed by atoms with Crippen molar-refractivity contribution in [2.24, 2.45) is 0 Å². The van der Waals surface area contributed by atoms with Crippen LogP contribution in [0.4, 0.5) is 11.5 Å². The van der Waals surface area contributed by atoms with Gasteiger partial charge in [-0.15, -0.1) is 0 Å². The van der Waals surface area contributed by atoms with E-state index in [0.717, 1.165) is 73.9 Å². The van der Waals surface area contributed by atoms with Crippen LogP contribution in [0.15, 0.2) is 42.9 Å². The van der Waals surface area contributed by atoms with Crippen LogP contribution >= 0.6 is 0 Å². The molecule has 2 aliphatic carbocycles. The number of aliphatic hydroxyl groups is 1. The lowest BCUT2D eigenvalue weighted by Crippen LogP contribution is -2.16. The monoisotopic (exact) mass is 475 g/mol. The third-order valence-electron chi connectivity index (χ3n) is 7.33. The SMILES string of the molecule is CC(O)CC1(c2cc(Nc3cc(Oc4cn(C5CC5)nc4C4CCOCC4)ccn3)ccn2)CC1. The third-order valence-corrected chi connectivity index (χ3v) is 7.33. The number of anilines is 2. The van der Waals surface area contributed by atoms with Crippen LogP contribution in [-0.2, 0) is 10.2 Å². The largest absolute Gasteiger partial charge is 0.454 e. The van der Waals surface area contributed by atoms with Gasteiger partial charge < -0.3 is 19.9 Å². The summed E-state index contributed by atoms with van der Waals surface area (Å²) in [5, 5.41) is 18.2. The highest BCUT2D eigenvalue weighted by atomic mass is 16.5. The van der Waals surface area contributed by atoms with Crippen LogP contribution in [0.1, 0.15) is 75.2 Å². The van der Waals surface area contributed by atoms with Gasteiger partial charge in [-0.25, -0.2) is 4.98 Å². The van der Waals surface area contributed by atoms with Crippen LogP contribution in [0.2, 0.25) is 0 Å². The summed E-state index contributed by atoms with van der Waals surface area (Å²) in [5.74, 6) is 2.64. The molecule has 1 aliphatic heterocycles. The summed E-state index contributed by atoms with van der Waals surface area (Å²) >= 11 is 0. The van der Waals surface area contributed by atoms with Gasteiger partial charge in [0.2, 0.25) is 0 Å². The van der Waals surface area contributed by atoms with Gasteiger partial charge in [0.05, 0.1) is 18.3 Å². The molecule has 3 aromatic heterocycles. The first-order valence-electron chi connectivity index (χ1n) is 12.8. The smallest absolute Gasteiger partial charge is 0.168 e. The average Bonchev–Trinajstić information content (AvgIpc) is 3.79. The summed E-state index contributed by atoms with van der Waals surface area (Å²) in [7, 11) is 0. The quantitative estimate of drug-likeness (QED) is 0.437. The number of nitrogens with zero attached hydrogens (tertiary/aromatic N) is 4. The number of hydrogen-bond acceptors (Lipinski definition) is 7. The van der Waals surface area contributed by atoms with Crippen LogP contribution in [0.5, 0.6) is 11.5 Å². The van der Waals surface area contributed by atoms with Gasteiger partial charge in [-0.05, 0) is 70.1 Å². The minimum Gasteiger partial charge on any atom is -0.454 e. The van der Waals surface area contributed by atoms with Crippen molar-refractivity contribution in [1.29, 1.82) is 0 Å². The standard InChI is InChI=1S/C27H33N5O3/c1-18(33)16-27(8-9-27)24-14-20(4-10-28-24)30-25-15-22(5-11-29-25)35-23-17-32(21-2-3-21)31-26(23)19-6-12-34-13-7-19/h4-5,10-11,14-15,17-19,21,33H,2-3,6-9,12-13,16H2,1H3,(H,28,29,30). The fraction of sp³-hybridized carbons (Fsp3) is 0.519. The molecule has 3 aromatic rings. The molecule has 8 heteroatoms. The second-order valence-corrected chi connectivity index (χ2v) is 10.3. The van der Waals surface area contributed by atoms with Crippen LogP contribution in [0, 0.1) is 0 Å². The number of rotatable bonds is 9. The van der Waals surface area contributed by atoms with E-state index in [-0.39, 0.29) is 11.5 Å². The van der Waals surface area contributed by atoms with E-state index in [1.807, 2.05) is 31.3 Å². The lowest BCUT2D eigenvalue weighted by molar-refractivity contribution is 0.0839. The Labute approximate surface area is 205 Å². The van der Waals surface area contributed by atoms with Crippen molar-refractivity contribution in [1.82, 2.24) is 19.7 Å². The fourth-order valence-electron chi connectivity index (χ4n) is 5.14. The molecule has 0 radical (unpaired) electrons. The Morgan fingerprint density at radius 1 is 1.14 bits per heavy atom. The Morgan fingerprint density at radius 3 is 2.69 bits per heavy atom. The zero-order chi connectivity index (χ0) is 23.8. The molecule has 8 nitrogen and oxygen atoms in total. The molecule has 35 heavy (non-hydrogen) atoms. The van der Waals surface area contributed by atoms with E-state index in [2.05, 4.69) is 32.2 Å². The molecular weight excluding hydrogens is 442 g/mol. The Balaban J connectivity index is 1.20. The molecule has 4 heterocycles. The molecule has 1 unspecified atom stereocenters. The zero-order valence-electron chi connectivity index (χ0n) is 20.2. The molecule has 0 bridgehead atoms. The molecule has 3 aliphatic rings. The Bertz CT molecular complexity index is 1180. The van der Waals surface area contributed by atoms with Crippen molar-refractivity contribution >= 4 is 11.5 Å². The molecule has 2 saturated carbocycles. The van der Waals surface area contributed by atoms with Crippen molar-refractivity contribution in [3.63, 3.8) is 0 Å². The molecule has 6 rings (SSSR count). The molecule has 2 N–H and O–H groups in total. The number of aliphatic hydroxyl groups excluding tert-OH is 1. The average molecular weight is 476 g/mol. The van der Waals surface area contributed by atoms with Gasteiger partial charge in [0.25, 0.3) is 0 Å². The molecule has 1 atom stereocenters. The molecule has 0 aromatic carbocycles. The highest BCUT2D eigenvalue weighted by molar-refractivity contribution is 5.58. The number of ether oxygens (including phenoxy) is 2. The van der Waals surface area contributed by atoms with E-state index in [4.69, 9.17) is 14.6 Å². The van der Waals surface area contributed by atoms with E-state index in [9.17, 15) is 5.11 Å². The Morgan fingerprint density at radius 2 is 1.94 bits per heavy atom. The lowest BCUT2D eigenvalue weighted by atomic mass is 9.94. The Kier molecular flexibility index (Phi) is 5.94. The summed E-state index contributed by atoms with van der Waals surface area (Å²) in [4.78, 5) is 9.10. The summed E-state index contributed by atoms with van der Waals surface area (Å²) < 4.78 is 14.0. The van der Waals surface area contributed by atoms with E-state index < -0.39 is 0 Å². The minimum absolute atomic E-state index is 0.00647. The van der Waals surface area contributed by atoms with Crippen molar-refractivity contribution in [3.05, 3.63) is 54.2 Å². The van der Waals surface area contributed by atoms with Crippen molar-refractivity contribution in [3.8, 4) is 11.5 Å². The van der Waals surface area contributed by atoms with E-state index in [1.54, 1.807) is 6.20 Å². The van der Waals surface area contributed by atoms with Crippen LogP contribution in [0.25, 0.3) is 0 Å². The van der Waals surface area contributed by atoms with Gasteiger partial charge in [-0.3, -0.25) is 9.67 Å². The molecular formula is C27H33N5O3. The van der Waals surface area contributed by atoms with Gasteiger partial charge in [0, 0.05) is 54.4 Å². The zero-order valence-corrected chi connectivity index (χ0v) is 20.2. The fourth-order valence-corrected chi connectivity index (χ4v) is 5.14. The molecule has 0 spiro atoms. The lowest BCUT2D eigenvalue weighted by Gasteiger charge is -2.21. The first-order chi connectivity index (χ1) is 17.1. The predicted octanol–water partition coefficient (Wildman–Crippen LogP) is 5.24. The van der Waals surface area contributed by atoms with Gasteiger partial charge in [0.15, 0.2) is 5.75 Å². The predicted molar refractivity (Wildman–Crippen MR) is 132 cm³/mol. The maximum atomic E-state index is 9.90.